The Kier molecular flexibility index (Phi) is 6.54. The molecule has 1 amide bonds. The van der Waals surface area contributed by atoms with E-state index in [2.05, 4.69) is 39.9 Å². The van der Waals surface area contributed by atoms with Gasteiger partial charge in [0.2, 0.25) is 5.91 Å². The average molecular weight is 431 g/mol. The number of guanidine groups is 1. The second-order valence-electron chi connectivity index (χ2n) is 8.15. The van der Waals surface area contributed by atoms with Crippen LogP contribution in [0.25, 0.3) is 10.9 Å². The van der Waals surface area contributed by atoms with E-state index in [1.165, 1.54) is 5.56 Å². The van der Waals surface area contributed by atoms with Crippen LogP contribution in [0, 0.1) is 0 Å². The highest BCUT2D eigenvalue weighted by Crippen LogP contribution is 2.23. The molecule has 1 aliphatic heterocycles. The number of hydrogen-bond acceptors (Lipinski definition) is 4. The van der Waals surface area contributed by atoms with Crippen LogP contribution >= 0.6 is 0 Å². The third kappa shape index (κ3) is 4.82. The predicted octanol–water partition coefficient (Wildman–Crippen LogP) is 3.29. The summed E-state index contributed by atoms with van der Waals surface area (Å²) < 4.78 is 0. The maximum Gasteiger partial charge on any atom is 0.227 e. The van der Waals surface area contributed by atoms with Crippen LogP contribution < -0.4 is 20.4 Å². The van der Waals surface area contributed by atoms with Crippen molar-refractivity contribution in [3.05, 3.63) is 65.7 Å². The second-order valence-corrected chi connectivity index (χ2v) is 8.15. The summed E-state index contributed by atoms with van der Waals surface area (Å²) in [4.78, 5) is 24.9. The molecule has 2 heterocycles. The van der Waals surface area contributed by atoms with E-state index in [9.17, 15) is 4.79 Å². The molecule has 2 aromatic carbocycles. The summed E-state index contributed by atoms with van der Waals surface area (Å²) in [5.74, 6) is 1.87. The minimum Gasteiger partial charge on any atom is -0.363 e. The summed E-state index contributed by atoms with van der Waals surface area (Å²) in [5, 5.41) is 7.92. The number of pyridine rings is 1. The topological polar surface area (TPSA) is 72.9 Å². The third-order valence-corrected chi connectivity index (χ3v) is 5.70. The molecule has 0 saturated carbocycles. The molecule has 7 heteroatoms. The molecule has 3 aromatic rings. The van der Waals surface area contributed by atoms with Crippen molar-refractivity contribution >= 4 is 34.3 Å². The molecule has 0 bridgehead atoms. The van der Waals surface area contributed by atoms with Crippen LogP contribution in [0.15, 0.2) is 59.6 Å². The highest BCUT2D eigenvalue weighted by atomic mass is 16.2. The van der Waals surface area contributed by atoms with Crippen LogP contribution in [0.3, 0.4) is 0 Å². The zero-order valence-corrected chi connectivity index (χ0v) is 18.9. The van der Waals surface area contributed by atoms with E-state index >= 15 is 0 Å². The third-order valence-electron chi connectivity index (χ3n) is 5.70. The lowest BCUT2D eigenvalue weighted by molar-refractivity contribution is -0.117. The SMILES string of the molecule is CN=C(NCc1ccc(N2CCCC2=O)cc1)NCc1cc(N(C)C)nc2ccccc12. The van der Waals surface area contributed by atoms with Gasteiger partial charge in [-0.3, -0.25) is 9.79 Å². The van der Waals surface area contributed by atoms with Crippen molar-refractivity contribution in [2.75, 3.05) is 37.5 Å². The number of aliphatic imine (C=N–C) groups is 1. The van der Waals surface area contributed by atoms with E-state index in [4.69, 9.17) is 4.98 Å². The first kappa shape index (κ1) is 21.6. The first-order valence-electron chi connectivity index (χ1n) is 10.9. The van der Waals surface area contributed by atoms with Crippen LogP contribution in [0.5, 0.6) is 0 Å². The zero-order valence-electron chi connectivity index (χ0n) is 18.9. The van der Waals surface area contributed by atoms with Crippen molar-refractivity contribution in [2.24, 2.45) is 4.99 Å². The lowest BCUT2D eigenvalue weighted by Crippen LogP contribution is -2.36. The summed E-state index contributed by atoms with van der Waals surface area (Å²) in [6.07, 6.45) is 1.58. The Bertz CT molecular complexity index is 1120. The summed E-state index contributed by atoms with van der Waals surface area (Å²) in [6.45, 7) is 2.10. The Morgan fingerprint density at radius 1 is 1.09 bits per heavy atom. The van der Waals surface area contributed by atoms with Crippen molar-refractivity contribution in [1.29, 1.82) is 0 Å². The molecule has 4 rings (SSSR count). The van der Waals surface area contributed by atoms with E-state index in [0.29, 0.717) is 19.5 Å². The fourth-order valence-corrected chi connectivity index (χ4v) is 3.91. The van der Waals surface area contributed by atoms with Gasteiger partial charge in [-0.05, 0) is 41.8 Å². The maximum atomic E-state index is 11.9. The van der Waals surface area contributed by atoms with Crippen molar-refractivity contribution in [3.63, 3.8) is 0 Å². The van der Waals surface area contributed by atoms with Gasteiger partial charge < -0.3 is 20.4 Å². The maximum absolute atomic E-state index is 11.9. The molecule has 0 radical (unpaired) electrons. The Hall–Kier alpha value is -3.61. The fraction of sp³-hybridized carbons (Fsp3) is 0.320. The van der Waals surface area contributed by atoms with Gasteiger partial charge in [-0.25, -0.2) is 4.98 Å². The number of rotatable bonds is 6. The normalized spacial score (nSPS) is 14.2. The minimum atomic E-state index is 0.210. The standard InChI is InChI=1S/C25H30N6O/c1-26-25(27-16-18-10-12-20(13-11-18)31-14-6-9-24(31)32)28-17-19-15-23(30(2)3)29-22-8-5-4-7-21(19)22/h4-5,7-8,10-13,15H,6,9,14,16-17H2,1-3H3,(H2,26,27,28). The molecule has 1 saturated heterocycles. The van der Waals surface area contributed by atoms with Gasteiger partial charge in [0.05, 0.1) is 5.52 Å². The number of nitrogens with zero attached hydrogens (tertiary/aromatic N) is 4. The predicted molar refractivity (Wildman–Crippen MR) is 131 cm³/mol. The van der Waals surface area contributed by atoms with E-state index in [0.717, 1.165) is 46.9 Å². The number of benzene rings is 2. The number of hydrogen-bond donors (Lipinski definition) is 2. The highest BCUT2D eigenvalue weighted by Gasteiger charge is 2.21. The number of para-hydroxylation sites is 1. The molecule has 0 unspecified atom stereocenters. The molecule has 1 aliphatic rings. The van der Waals surface area contributed by atoms with Crippen LogP contribution in [-0.2, 0) is 17.9 Å². The van der Waals surface area contributed by atoms with Gasteiger partial charge in [0.15, 0.2) is 5.96 Å². The molecule has 0 aliphatic carbocycles. The average Bonchev–Trinajstić information content (AvgIpc) is 3.25. The van der Waals surface area contributed by atoms with Crippen LogP contribution in [0.2, 0.25) is 0 Å². The van der Waals surface area contributed by atoms with Crippen LogP contribution in [0.1, 0.15) is 24.0 Å². The zero-order chi connectivity index (χ0) is 22.5. The Labute approximate surface area is 189 Å². The van der Waals surface area contributed by atoms with E-state index in [1.807, 2.05) is 54.2 Å². The van der Waals surface area contributed by atoms with Crippen molar-refractivity contribution in [1.82, 2.24) is 15.6 Å². The van der Waals surface area contributed by atoms with Gasteiger partial charge in [0, 0.05) is 58.3 Å². The summed E-state index contributed by atoms with van der Waals surface area (Å²) in [5.41, 5.74) is 4.25. The van der Waals surface area contributed by atoms with Crippen LogP contribution in [-0.4, -0.2) is 44.5 Å². The smallest absolute Gasteiger partial charge is 0.227 e. The Morgan fingerprint density at radius 2 is 1.84 bits per heavy atom. The number of carbonyl (C=O) groups is 1. The van der Waals surface area contributed by atoms with Gasteiger partial charge in [-0.15, -0.1) is 0 Å². The number of carbonyl (C=O) groups excluding carboxylic acids is 1. The molecule has 166 valence electrons. The number of nitrogens with one attached hydrogen (secondary N) is 2. The van der Waals surface area contributed by atoms with Crippen LogP contribution in [0.4, 0.5) is 11.5 Å². The lowest BCUT2D eigenvalue weighted by atomic mass is 10.1. The van der Waals surface area contributed by atoms with Gasteiger partial charge in [0.25, 0.3) is 0 Å². The lowest BCUT2D eigenvalue weighted by Gasteiger charge is -2.17. The first-order chi connectivity index (χ1) is 15.5. The van der Waals surface area contributed by atoms with E-state index in [1.54, 1.807) is 7.05 Å². The highest BCUT2D eigenvalue weighted by molar-refractivity contribution is 5.95. The van der Waals surface area contributed by atoms with E-state index in [-0.39, 0.29) is 5.91 Å². The number of anilines is 2. The number of amides is 1. The summed E-state index contributed by atoms with van der Waals surface area (Å²) in [7, 11) is 5.77. The molecular formula is C25H30N6O. The molecule has 32 heavy (non-hydrogen) atoms. The van der Waals surface area contributed by atoms with Crippen molar-refractivity contribution in [3.8, 4) is 0 Å². The number of fused-ring (bicyclic) bond motifs is 1. The summed E-state index contributed by atoms with van der Waals surface area (Å²) >= 11 is 0. The number of aromatic nitrogens is 1. The first-order valence-corrected chi connectivity index (χ1v) is 10.9. The Balaban J connectivity index is 1.39. The molecule has 2 N–H and O–H groups in total. The van der Waals surface area contributed by atoms with Crippen molar-refractivity contribution in [2.45, 2.75) is 25.9 Å². The Morgan fingerprint density at radius 3 is 2.53 bits per heavy atom. The minimum absolute atomic E-state index is 0.210. The van der Waals surface area contributed by atoms with E-state index < -0.39 is 0 Å². The monoisotopic (exact) mass is 430 g/mol. The molecule has 1 fully saturated rings. The fourth-order valence-electron chi connectivity index (χ4n) is 3.91. The quantitative estimate of drug-likeness (QED) is 0.464. The van der Waals surface area contributed by atoms with Gasteiger partial charge in [0.1, 0.15) is 5.82 Å². The molecular weight excluding hydrogens is 400 g/mol. The second kappa shape index (κ2) is 9.68. The molecule has 0 spiro atoms. The molecule has 1 aromatic heterocycles. The molecule has 0 atom stereocenters. The summed E-state index contributed by atoms with van der Waals surface area (Å²) in [6, 6.07) is 18.4. The molecule has 7 nitrogen and oxygen atoms in total. The van der Waals surface area contributed by atoms with Gasteiger partial charge >= 0.3 is 0 Å². The largest absolute Gasteiger partial charge is 0.363 e. The van der Waals surface area contributed by atoms with Crippen molar-refractivity contribution < 1.29 is 4.79 Å². The van der Waals surface area contributed by atoms with Gasteiger partial charge in [-0.2, -0.15) is 0 Å². The van der Waals surface area contributed by atoms with Gasteiger partial charge in [-0.1, -0.05) is 30.3 Å².